The van der Waals surface area contributed by atoms with Crippen molar-refractivity contribution in [3.63, 3.8) is 0 Å². The number of aryl methyl sites for hydroxylation is 1. The molecule has 1 N–H and O–H groups in total. The van der Waals surface area contributed by atoms with Crippen molar-refractivity contribution in [3.8, 4) is 0 Å². The first-order valence-electron chi connectivity index (χ1n) is 8.57. The van der Waals surface area contributed by atoms with Crippen LogP contribution in [0.25, 0.3) is 0 Å². The van der Waals surface area contributed by atoms with Crippen molar-refractivity contribution >= 4 is 11.9 Å². The third kappa shape index (κ3) is 4.44. The van der Waals surface area contributed by atoms with Gasteiger partial charge in [0.05, 0.1) is 23.9 Å². The third-order valence-corrected chi connectivity index (χ3v) is 4.70. The van der Waals surface area contributed by atoms with Crippen LogP contribution in [0.2, 0.25) is 0 Å². The molecule has 2 aromatic rings. The molecule has 0 bridgehead atoms. The summed E-state index contributed by atoms with van der Waals surface area (Å²) in [5.74, 6) is -1.45. The molecule has 29 heavy (non-hydrogen) atoms. The van der Waals surface area contributed by atoms with Crippen LogP contribution in [0.3, 0.4) is 0 Å². The second-order valence-electron chi connectivity index (χ2n) is 6.63. The molecule has 0 spiro atoms. The van der Waals surface area contributed by atoms with Gasteiger partial charge in [0.25, 0.3) is 0 Å². The van der Waals surface area contributed by atoms with Crippen molar-refractivity contribution in [2.75, 3.05) is 24.6 Å². The van der Waals surface area contributed by atoms with Gasteiger partial charge in [0.1, 0.15) is 0 Å². The fraction of sp³-hybridized carbons (Fsp3) is 0.562. The smallest absolute Gasteiger partial charge is 0.475 e. The molecule has 0 radical (unpaired) electrons. The van der Waals surface area contributed by atoms with Gasteiger partial charge in [-0.05, 0) is 19.8 Å². The zero-order valence-electron chi connectivity index (χ0n) is 15.2. The number of aromatic nitrogens is 4. The Morgan fingerprint density at radius 3 is 2.55 bits per heavy atom. The minimum Gasteiger partial charge on any atom is -0.475 e. The Kier molecular flexibility index (Phi) is 5.68. The van der Waals surface area contributed by atoms with E-state index < -0.39 is 18.0 Å². The predicted octanol–water partition coefficient (Wildman–Crippen LogP) is 1.88. The van der Waals surface area contributed by atoms with E-state index in [0.717, 1.165) is 19.4 Å². The molecule has 4 heterocycles. The standard InChI is InChI=1S/C14H16FN5O2.C2HF3O2/c1-9-18-12(22-19-9)14-3-5-21-11(14)2-4-20(8-14)13-16-6-10(15)7-17-13;3-2(4,5)1(6)7/h6-7,11H,2-5,8H2,1H3;(H,6,7)/t11-,14-;/m1./s1. The highest BCUT2D eigenvalue weighted by Crippen LogP contribution is 2.43. The monoisotopic (exact) mass is 419 g/mol. The normalized spacial score (nSPS) is 23.9. The Labute approximate surface area is 161 Å². The Bertz CT molecular complexity index is 860. The van der Waals surface area contributed by atoms with E-state index in [1.54, 1.807) is 6.92 Å². The second kappa shape index (κ2) is 7.89. The maximum atomic E-state index is 13.0. The number of nitrogens with zero attached hydrogens (tertiary/aromatic N) is 5. The van der Waals surface area contributed by atoms with Crippen molar-refractivity contribution in [3.05, 3.63) is 29.9 Å². The minimum absolute atomic E-state index is 0.0593. The van der Waals surface area contributed by atoms with E-state index >= 15 is 0 Å². The van der Waals surface area contributed by atoms with Gasteiger partial charge in [-0.2, -0.15) is 18.2 Å². The minimum atomic E-state index is -5.08. The number of alkyl halides is 3. The van der Waals surface area contributed by atoms with Gasteiger partial charge in [0, 0.05) is 19.7 Å². The molecule has 2 saturated heterocycles. The molecule has 2 fully saturated rings. The van der Waals surface area contributed by atoms with E-state index in [1.807, 2.05) is 4.90 Å². The van der Waals surface area contributed by atoms with Gasteiger partial charge in [0.2, 0.25) is 11.8 Å². The maximum Gasteiger partial charge on any atom is 0.490 e. The second-order valence-corrected chi connectivity index (χ2v) is 6.63. The molecule has 2 aliphatic heterocycles. The molecule has 9 nitrogen and oxygen atoms in total. The number of carboxylic acid groups (broad SMARTS) is 1. The summed E-state index contributed by atoms with van der Waals surface area (Å²) in [7, 11) is 0. The summed E-state index contributed by atoms with van der Waals surface area (Å²) in [6, 6.07) is 0. The number of hydrogen-bond donors (Lipinski definition) is 1. The fourth-order valence-corrected chi connectivity index (χ4v) is 3.39. The number of carbonyl (C=O) groups is 1. The lowest BCUT2D eigenvalue weighted by molar-refractivity contribution is -0.192. The number of halogens is 4. The van der Waals surface area contributed by atoms with Crippen LogP contribution in [0.15, 0.2) is 16.9 Å². The Morgan fingerprint density at radius 1 is 1.34 bits per heavy atom. The largest absolute Gasteiger partial charge is 0.490 e. The molecular weight excluding hydrogens is 402 g/mol. The molecule has 2 atom stereocenters. The van der Waals surface area contributed by atoms with E-state index in [2.05, 4.69) is 20.1 Å². The summed E-state index contributed by atoms with van der Waals surface area (Å²) in [5, 5.41) is 11.0. The summed E-state index contributed by atoms with van der Waals surface area (Å²) in [4.78, 5) is 23.5. The molecule has 2 aliphatic rings. The first-order chi connectivity index (χ1) is 13.6. The predicted molar refractivity (Wildman–Crippen MR) is 87.6 cm³/mol. The van der Waals surface area contributed by atoms with Crippen molar-refractivity contribution < 1.29 is 36.7 Å². The SMILES string of the molecule is Cc1noc([C@@]23CCO[C@@H]2CCN(c2ncc(F)cn2)C3)n1.O=C(O)C(F)(F)F. The van der Waals surface area contributed by atoms with Gasteiger partial charge in [-0.15, -0.1) is 0 Å². The fourth-order valence-electron chi connectivity index (χ4n) is 3.39. The molecule has 0 unspecified atom stereocenters. The first kappa shape index (κ1) is 20.9. The van der Waals surface area contributed by atoms with Gasteiger partial charge >= 0.3 is 12.1 Å². The molecular formula is C16H17F4N5O4. The van der Waals surface area contributed by atoms with E-state index in [4.69, 9.17) is 19.2 Å². The lowest BCUT2D eigenvalue weighted by Crippen LogP contribution is -2.53. The molecule has 4 rings (SSSR count). The van der Waals surface area contributed by atoms with Gasteiger partial charge < -0.3 is 19.3 Å². The Morgan fingerprint density at radius 2 is 2.00 bits per heavy atom. The first-order valence-corrected chi connectivity index (χ1v) is 8.57. The lowest BCUT2D eigenvalue weighted by Gasteiger charge is -2.41. The highest BCUT2D eigenvalue weighted by Gasteiger charge is 2.53. The summed E-state index contributed by atoms with van der Waals surface area (Å²) < 4.78 is 56.1. The topological polar surface area (TPSA) is 114 Å². The van der Waals surface area contributed by atoms with E-state index in [0.29, 0.717) is 30.8 Å². The summed E-state index contributed by atoms with van der Waals surface area (Å²) in [6.45, 7) is 3.86. The number of anilines is 1. The highest BCUT2D eigenvalue weighted by atomic mass is 19.4. The molecule has 0 aliphatic carbocycles. The molecule has 158 valence electrons. The van der Waals surface area contributed by atoms with Crippen LogP contribution in [-0.4, -0.2) is 63.2 Å². The van der Waals surface area contributed by atoms with Gasteiger partial charge in [-0.25, -0.2) is 19.2 Å². The molecule has 0 amide bonds. The van der Waals surface area contributed by atoms with Crippen LogP contribution in [-0.2, 0) is 14.9 Å². The van der Waals surface area contributed by atoms with Crippen molar-refractivity contribution in [1.29, 1.82) is 0 Å². The van der Waals surface area contributed by atoms with Crippen molar-refractivity contribution in [2.24, 2.45) is 0 Å². The summed E-state index contributed by atoms with van der Waals surface area (Å²) in [6.07, 6.45) is -1.02. The quantitative estimate of drug-likeness (QED) is 0.729. The van der Waals surface area contributed by atoms with Crippen LogP contribution in [0.1, 0.15) is 24.6 Å². The van der Waals surface area contributed by atoms with E-state index in [-0.39, 0.29) is 11.5 Å². The molecule has 2 aromatic heterocycles. The van der Waals surface area contributed by atoms with Gasteiger partial charge in [-0.1, -0.05) is 5.16 Å². The van der Waals surface area contributed by atoms with Gasteiger partial charge in [0.15, 0.2) is 11.6 Å². The number of hydrogen-bond acceptors (Lipinski definition) is 8. The number of aliphatic carboxylic acids is 1. The maximum absolute atomic E-state index is 13.0. The number of rotatable bonds is 2. The summed E-state index contributed by atoms with van der Waals surface area (Å²) in [5.41, 5.74) is -0.336. The lowest BCUT2D eigenvalue weighted by atomic mass is 9.76. The van der Waals surface area contributed by atoms with Crippen LogP contribution in [0.4, 0.5) is 23.5 Å². The van der Waals surface area contributed by atoms with Crippen LogP contribution in [0.5, 0.6) is 0 Å². The Balaban J connectivity index is 0.000000298. The Hall–Kier alpha value is -2.83. The van der Waals surface area contributed by atoms with E-state index in [9.17, 15) is 17.6 Å². The van der Waals surface area contributed by atoms with Crippen molar-refractivity contribution in [2.45, 2.75) is 37.5 Å². The highest BCUT2D eigenvalue weighted by molar-refractivity contribution is 5.73. The van der Waals surface area contributed by atoms with Crippen LogP contribution < -0.4 is 4.90 Å². The third-order valence-electron chi connectivity index (χ3n) is 4.70. The van der Waals surface area contributed by atoms with E-state index in [1.165, 1.54) is 12.4 Å². The zero-order valence-corrected chi connectivity index (χ0v) is 15.2. The average Bonchev–Trinajstić information content (AvgIpc) is 3.28. The molecule has 0 saturated carbocycles. The zero-order chi connectivity index (χ0) is 21.2. The van der Waals surface area contributed by atoms with Gasteiger partial charge in [-0.3, -0.25) is 0 Å². The summed E-state index contributed by atoms with van der Waals surface area (Å²) >= 11 is 0. The molecule has 0 aromatic carbocycles. The van der Waals surface area contributed by atoms with Crippen LogP contribution >= 0.6 is 0 Å². The number of ether oxygens (including phenoxy) is 1. The molecule has 13 heteroatoms. The number of piperidine rings is 1. The van der Waals surface area contributed by atoms with Crippen LogP contribution in [0, 0.1) is 12.7 Å². The number of carboxylic acids is 1. The average molecular weight is 419 g/mol. The number of fused-ring (bicyclic) bond motifs is 1. The van der Waals surface area contributed by atoms with Crippen molar-refractivity contribution in [1.82, 2.24) is 20.1 Å².